The number of fused-ring (bicyclic) bond motifs is 1. The summed E-state index contributed by atoms with van der Waals surface area (Å²) in [5, 5.41) is 12.2. The maximum Gasteiger partial charge on any atom is 0.143 e. The average molecular weight is 240 g/mol. The molecule has 0 bridgehead atoms. The Morgan fingerprint density at radius 3 is 2.78 bits per heavy atom. The molecule has 0 fully saturated rings. The molecule has 0 radical (unpaired) electrons. The van der Waals surface area contributed by atoms with Crippen molar-refractivity contribution in [2.75, 3.05) is 5.73 Å². The Labute approximate surface area is 103 Å². The topological polar surface area (TPSA) is 82.5 Å². The van der Waals surface area contributed by atoms with Gasteiger partial charge in [0, 0.05) is 10.9 Å². The summed E-state index contributed by atoms with van der Waals surface area (Å²) in [4.78, 5) is 4.44. The molecule has 0 amide bonds. The number of rotatable bonds is 1. The van der Waals surface area contributed by atoms with E-state index in [1.807, 2.05) is 32.0 Å². The molecule has 2 aromatic heterocycles. The highest BCUT2D eigenvalue weighted by molar-refractivity contribution is 5.86. The zero-order valence-corrected chi connectivity index (χ0v) is 10.1. The van der Waals surface area contributed by atoms with Crippen LogP contribution in [-0.4, -0.2) is 25.2 Å². The van der Waals surface area contributed by atoms with Crippen LogP contribution in [-0.2, 0) is 0 Å². The highest BCUT2D eigenvalue weighted by atomic mass is 15.5. The van der Waals surface area contributed by atoms with E-state index in [0.717, 1.165) is 27.7 Å². The summed E-state index contributed by atoms with van der Waals surface area (Å²) in [6.07, 6.45) is 1.56. The van der Waals surface area contributed by atoms with Gasteiger partial charge in [-0.25, -0.2) is 9.67 Å². The van der Waals surface area contributed by atoms with E-state index in [2.05, 4.69) is 20.5 Å². The van der Waals surface area contributed by atoms with Gasteiger partial charge in [0.15, 0.2) is 0 Å². The van der Waals surface area contributed by atoms with Crippen LogP contribution in [0.2, 0.25) is 0 Å². The van der Waals surface area contributed by atoms with Crippen LogP contribution in [0.1, 0.15) is 11.1 Å². The molecule has 2 heterocycles. The molecule has 0 aliphatic heterocycles. The van der Waals surface area contributed by atoms with Crippen molar-refractivity contribution in [3.8, 4) is 5.69 Å². The van der Waals surface area contributed by atoms with E-state index < -0.39 is 0 Å². The van der Waals surface area contributed by atoms with Gasteiger partial charge < -0.3 is 5.73 Å². The monoisotopic (exact) mass is 240 g/mol. The molecule has 2 N–H and O–H groups in total. The second-order valence-corrected chi connectivity index (χ2v) is 4.23. The van der Waals surface area contributed by atoms with Gasteiger partial charge in [0.25, 0.3) is 0 Å². The number of nitrogens with two attached hydrogens (primary N) is 1. The molecule has 0 saturated carbocycles. The van der Waals surface area contributed by atoms with Crippen molar-refractivity contribution in [3.63, 3.8) is 0 Å². The molecule has 6 heteroatoms. The normalized spacial score (nSPS) is 11.0. The quantitative estimate of drug-likeness (QED) is 0.695. The lowest BCUT2D eigenvalue weighted by Gasteiger charge is -2.09. The van der Waals surface area contributed by atoms with Crippen LogP contribution in [0.5, 0.6) is 0 Å². The SMILES string of the molecule is Cc1cc2ccc(-n3cnnn3)c(C)c2nc1N. The molecule has 0 atom stereocenters. The molecule has 1 aromatic carbocycles. The third-order valence-electron chi connectivity index (χ3n) is 3.04. The standard InChI is InChI=1S/C12H12N6/c1-7-5-9-3-4-10(18-6-14-16-17-18)8(2)11(9)15-12(7)13/h3-6H,1-2H3,(H2,13,15). The van der Waals surface area contributed by atoms with E-state index in [0.29, 0.717) is 5.82 Å². The zero-order valence-electron chi connectivity index (χ0n) is 10.1. The summed E-state index contributed by atoms with van der Waals surface area (Å²) in [5.41, 5.74) is 9.64. The van der Waals surface area contributed by atoms with Crippen LogP contribution >= 0.6 is 0 Å². The Balaban J connectivity index is 2.32. The minimum Gasteiger partial charge on any atom is -0.383 e. The fourth-order valence-corrected chi connectivity index (χ4v) is 2.01. The maximum absolute atomic E-state index is 5.87. The number of pyridine rings is 1. The first-order valence-electron chi connectivity index (χ1n) is 5.56. The van der Waals surface area contributed by atoms with Gasteiger partial charge in [-0.1, -0.05) is 6.07 Å². The number of benzene rings is 1. The lowest BCUT2D eigenvalue weighted by molar-refractivity contribution is 0.786. The third-order valence-corrected chi connectivity index (χ3v) is 3.04. The minimum atomic E-state index is 0.555. The molecule has 0 saturated heterocycles. The molecule has 0 unspecified atom stereocenters. The largest absolute Gasteiger partial charge is 0.383 e. The summed E-state index contributed by atoms with van der Waals surface area (Å²) in [5.74, 6) is 0.555. The fourth-order valence-electron chi connectivity index (χ4n) is 2.01. The third kappa shape index (κ3) is 1.50. The van der Waals surface area contributed by atoms with Crippen LogP contribution < -0.4 is 5.73 Å². The molecule has 3 rings (SSSR count). The summed E-state index contributed by atoms with van der Waals surface area (Å²) in [6, 6.07) is 6.01. The molecule has 18 heavy (non-hydrogen) atoms. The summed E-state index contributed by atoms with van der Waals surface area (Å²) < 4.78 is 1.62. The van der Waals surface area contributed by atoms with Crippen molar-refractivity contribution in [1.29, 1.82) is 0 Å². The maximum atomic E-state index is 5.87. The zero-order chi connectivity index (χ0) is 12.7. The Morgan fingerprint density at radius 2 is 2.06 bits per heavy atom. The van der Waals surface area contributed by atoms with Gasteiger partial charge in [-0.15, -0.1) is 5.10 Å². The number of nitrogen functional groups attached to an aromatic ring is 1. The summed E-state index contributed by atoms with van der Waals surface area (Å²) in [7, 11) is 0. The Bertz CT molecular complexity index is 717. The van der Waals surface area contributed by atoms with Gasteiger partial charge in [0.05, 0.1) is 11.2 Å². The van der Waals surface area contributed by atoms with E-state index in [1.165, 1.54) is 0 Å². The van der Waals surface area contributed by atoms with E-state index in [9.17, 15) is 0 Å². The second kappa shape index (κ2) is 3.76. The van der Waals surface area contributed by atoms with E-state index in [-0.39, 0.29) is 0 Å². The number of hydrogen-bond acceptors (Lipinski definition) is 5. The van der Waals surface area contributed by atoms with Crippen LogP contribution in [0.15, 0.2) is 24.5 Å². The molecular formula is C12H12N6. The van der Waals surface area contributed by atoms with Gasteiger partial charge in [0.1, 0.15) is 12.1 Å². The van der Waals surface area contributed by atoms with Crippen molar-refractivity contribution in [2.45, 2.75) is 13.8 Å². The van der Waals surface area contributed by atoms with Gasteiger partial charge >= 0.3 is 0 Å². The van der Waals surface area contributed by atoms with E-state index in [4.69, 9.17) is 5.73 Å². The number of aromatic nitrogens is 5. The highest BCUT2D eigenvalue weighted by Crippen LogP contribution is 2.24. The Hall–Kier alpha value is -2.50. The second-order valence-electron chi connectivity index (χ2n) is 4.23. The molecule has 90 valence electrons. The molecule has 0 aliphatic carbocycles. The number of hydrogen-bond donors (Lipinski definition) is 1. The molecular weight excluding hydrogens is 228 g/mol. The van der Waals surface area contributed by atoms with Crippen molar-refractivity contribution in [2.24, 2.45) is 0 Å². The number of aryl methyl sites for hydroxylation is 2. The molecule has 6 nitrogen and oxygen atoms in total. The Morgan fingerprint density at radius 1 is 1.22 bits per heavy atom. The smallest absolute Gasteiger partial charge is 0.143 e. The lowest BCUT2D eigenvalue weighted by Crippen LogP contribution is -2.01. The number of tetrazole rings is 1. The van der Waals surface area contributed by atoms with E-state index in [1.54, 1.807) is 11.0 Å². The Kier molecular flexibility index (Phi) is 2.22. The molecule has 3 aromatic rings. The van der Waals surface area contributed by atoms with Crippen LogP contribution in [0.3, 0.4) is 0 Å². The fraction of sp³-hybridized carbons (Fsp3) is 0.167. The van der Waals surface area contributed by atoms with Crippen molar-refractivity contribution < 1.29 is 0 Å². The summed E-state index contributed by atoms with van der Waals surface area (Å²) in [6.45, 7) is 3.94. The predicted octanol–water partition coefficient (Wildman–Crippen LogP) is 1.41. The predicted molar refractivity (Wildman–Crippen MR) is 68.3 cm³/mol. The summed E-state index contributed by atoms with van der Waals surface area (Å²) >= 11 is 0. The van der Waals surface area contributed by atoms with Crippen LogP contribution in [0, 0.1) is 13.8 Å². The first-order valence-corrected chi connectivity index (χ1v) is 5.56. The average Bonchev–Trinajstić information content (AvgIpc) is 2.86. The van der Waals surface area contributed by atoms with Gasteiger partial charge in [-0.05, 0) is 42.0 Å². The minimum absolute atomic E-state index is 0.555. The van der Waals surface area contributed by atoms with Crippen LogP contribution in [0.4, 0.5) is 5.82 Å². The number of nitrogens with zero attached hydrogens (tertiary/aromatic N) is 5. The van der Waals surface area contributed by atoms with Crippen LogP contribution in [0.25, 0.3) is 16.6 Å². The van der Waals surface area contributed by atoms with Gasteiger partial charge in [0.2, 0.25) is 0 Å². The van der Waals surface area contributed by atoms with Crippen molar-refractivity contribution in [3.05, 3.63) is 35.7 Å². The van der Waals surface area contributed by atoms with Gasteiger partial charge in [-0.3, -0.25) is 0 Å². The number of anilines is 1. The van der Waals surface area contributed by atoms with E-state index >= 15 is 0 Å². The van der Waals surface area contributed by atoms with Crippen molar-refractivity contribution in [1.82, 2.24) is 25.2 Å². The van der Waals surface area contributed by atoms with Crippen molar-refractivity contribution >= 4 is 16.7 Å². The molecule has 0 aliphatic rings. The lowest BCUT2D eigenvalue weighted by atomic mass is 10.1. The van der Waals surface area contributed by atoms with Gasteiger partial charge in [-0.2, -0.15) is 0 Å². The molecule has 0 spiro atoms. The first-order chi connectivity index (χ1) is 8.66. The first kappa shape index (κ1) is 10.6. The highest BCUT2D eigenvalue weighted by Gasteiger charge is 2.09.